The standard InChI is InChI=1S/C16H23N3O4/c1-16(2,3)23-15(21)19-6-5-11-7-12(8-17-13(11)9-19)14(20)18-10-22-4/h7-8H,5-6,9-10H2,1-4H3,(H,18,20). The normalized spacial score (nSPS) is 14.2. The lowest BCUT2D eigenvalue weighted by Gasteiger charge is -2.30. The van der Waals surface area contributed by atoms with E-state index in [0.717, 1.165) is 11.3 Å². The molecule has 2 amide bonds. The fraction of sp³-hybridized carbons (Fsp3) is 0.562. The van der Waals surface area contributed by atoms with Gasteiger partial charge in [0.15, 0.2) is 0 Å². The smallest absolute Gasteiger partial charge is 0.410 e. The number of pyridine rings is 1. The first kappa shape index (κ1) is 17.2. The van der Waals surface area contributed by atoms with Gasteiger partial charge < -0.3 is 19.7 Å². The second kappa shape index (κ2) is 6.95. The highest BCUT2D eigenvalue weighted by Crippen LogP contribution is 2.20. The number of rotatable bonds is 3. The van der Waals surface area contributed by atoms with Crippen molar-refractivity contribution >= 4 is 12.0 Å². The summed E-state index contributed by atoms with van der Waals surface area (Å²) in [7, 11) is 1.51. The first-order chi connectivity index (χ1) is 10.8. The van der Waals surface area contributed by atoms with Gasteiger partial charge in [0.1, 0.15) is 12.3 Å². The second-order valence-corrected chi connectivity index (χ2v) is 6.42. The second-order valence-electron chi connectivity index (χ2n) is 6.42. The van der Waals surface area contributed by atoms with Crippen LogP contribution < -0.4 is 5.32 Å². The molecule has 2 rings (SSSR count). The minimum Gasteiger partial charge on any atom is -0.444 e. The molecule has 0 aromatic carbocycles. The molecule has 7 nitrogen and oxygen atoms in total. The Bertz CT molecular complexity index is 595. The molecule has 0 saturated carbocycles. The Morgan fingerprint density at radius 2 is 2.13 bits per heavy atom. The summed E-state index contributed by atoms with van der Waals surface area (Å²) in [6, 6.07) is 1.82. The van der Waals surface area contributed by atoms with Crippen molar-refractivity contribution < 1.29 is 19.1 Å². The highest BCUT2D eigenvalue weighted by molar-refractivity contribution is 5.94. The molecule has 1 aliphatic heterocycles. The van der Waals surface area contributed by atoms with Crippen LogP contribution in [0.1, 0.15) is 42.4 Å². The number of carbonyl (C=O) groups is 2. The molecule has 2 heterocycles. The summed E-state index contributed by atoms with van der Waals surface area (Å²) < 4.78 is 10.2. The van der Waals surface area contributed by atoms with E-state index in [-0.39, 0.29) is 18.7 Å². The van der Waals surface area contributed by atoms with Gasteiger partial charge in [-0.25, -0.2) is 4.79 Å². The van der Waals surface area contributed by atoms with Gasteiger partial charge in [-0.1, -0.05) is 0 Å². The molecule has 0 saturated heterocycles. The number of nitrogens with zero attached hydrogens (tertiary/aromatic N) is 2. The zero-order valence-electron chi connectivity index (χ0n) is 14.0. The van der Waals surface area contributed by atoms with Gasteiger partial charge in [-0.15, -0.1) is 0 Å². The van der Waals surface area contributed by atoms with Crippen LogP contribution in [0.2, 0.25) is 0 Å². The van der Waals surface area contributed by atoms with Crippen molar-refractivity contribution in [2.24, 2.45) is 0 Å². The quantitative estimate of drug-likeness (QED) is 0.857. The third-order valence-electron chi connectivity index (χ3n) is 3.34. The SMILES string of the molecule is COCNC(=O)c1cnc2c(c1)CCN(C(=O)OC(C)(C)C)C2. The van der Waals surface area contributed by atoms with Crippen LogP contribution in [0.15, 0.2) is 12.3 Å². The molecule has 0 aliphatic carbocycles. The van der Waals surface area contributed by atoms with Crippen LogP contribution in [0, 0.1) is 0 Å². The number of ether oxygens (including phenoxy) is 2. The Balaban J connectivity index is 2.05. The summed E-state index contributed by atoms with van der Waals surface area (Å²) in [5.74, 6) is -0.225. The molecule has 126 valence electrons. The first-order valence-corrected chi connectivity index (χ1v) is 7.53. The predicted molar refractivity (Wildman–Crippen MR) is 83.9 cm³/mol. The van der Waals surface area contributed by atoms with Crippen molar-refractivity contribution in [3.05, 3.63) is 29.1 Å². The van der Waals surface area contributed by atoms with E-state index >= 15 is 0 Å². The minimum atomic E-state index is -0.520. The van der Waals surface area contributed by atoms with Crippen LogP contribution in [-0.2, 0) is 22.4 Å². The number of methoxy groups -OCH3 is 1. The van der Waals surface area contributed by atoms with Crippen molar-refractivity contribution in [3.8, 4) is 0 Å². The number of hydrogen-bond donors (Lipinski definition) is 1. The number of fused-ring (bicyclic) bond motifs is 1. The third kappa shape index (κ3) is 4.66. The van der Waals surface area contributed by atoms with Gasteiger partial charge in [0.05, 0.1) is 17.8 Å². The van der Waals surface area contributed by atoms with Gasteiger partial charge in [0.2, 0.25) is 0 Å². The molecule has 0 atom stereocenters. The van der Waals surface area contributed by atoms with E-state index in [4.69, 9.17) is 9.47 Å². The van der Waals surface area contributed by atoms with E-state index in [9.17, 15) is 9.59 Å². The molecule has 1 N–H and O–H groups in total. The maximum atomic E-state index is 12.1. The number of nitrogens with one attached hydrogen (secondary N) is 1. The highest BCUT2D eigenvalue weighted by Gasteiger charge is 2.26. The van der Waals surface area contributed by atoms with Crippen molar-refractivity contribution in [1.29, 1.82) is 0 Å². The van der Waals surface area contributed by atoms with Gasteiger partial charge in [-0.2, -0.15) is 0 Å². The number of carbonyl (C=O) groups excluding carboxylic acids is 2. The van der Waals surface area contributed by atoms with E-state index in [0.29, 0.717) is 25.1 Å². The maximum Gasteiger partial charge on any atom is 0.410 e. The molecule has 23 heavy (non-hydrogen) atoms. The van der Waals surface area contributed by atoms with Crippen molar-refractivity contribution in [2.75, 3.05) is 20.4 Å². The van der Waals surface area contributed by atoms with Crippen molar-refractivity contribution in [1.82, 2.24) is 15.2 Å². The average Bonchev–Trinajstić information content (AvgIpc) is 2.49. The van der Waals surface area contributed by atoms with E-state index < -0.39 is 5.60 Å². The Kier molecular flexibility index (Phi) is 5.20. The van der Waals surface area contributed by atoms with Gasteiger partial charge in [-0.3, -0.25) is 9.78 Å². The molecular formula is C16H23N3O4. The first-order valence-electron chi connectivity index (χ1n) is 7.53. The van der Waals surface area contributed by atoms with Crippen LogP contribution in [0.5, 0.6) is 0 Å². The van der Waals surface area contributed by atoms with Crippen molar-refractivity contribution in [2.45, 2.75) is 39.3 Å². The van der Waals surface area contributed by atoms with Crippen LogP contribution in [0.3, 0.4) is 0 Å². The van der Waals surface area contributed by atoms with Crippen LogP contribution in [-0.4, -0.2) is 47.9 Å². The summed E-state index contributed by atoms with van der Waals surface area (Å²) >= 11 is 0. The molecule has 0 radical (unpaired) electrons. The molecule has 0 spiro atoms. The van der Waals surface area contributed by atoms with E-state index in [2.05, 4.69) is 10.3 Å². The zero-order valence-corrected chi connectivity index (χ0v) is 14.0. The molecule has 1 aromatic heterocycles. The lowest BCUT2D eigenvalue weighted by molar-refractivity contribution is 0.0220. The molecule has 0 bridgehead atoms. The average molecular weight is 321 g/mol. The minimum absolute atomic E-state index is 0.155. The van der Waals surface area contributed by atoms with E-state index in [1.807, 2.05) is 26.8 Å². The lowest BCUT2D eigenvalue weighted by atomic mass is 10.0. The van der Waals surface area contributed by atoms with E-state index in [1.54, 1.807) is 4.90 Å². The topological polar surface area (TPSA) is 80.8 Å². The molecule has 1 aromatic rings. The van der Waals surface area contributed by atoms with Crippen LogP contribution in [0.4, 0.5) is 4.79 Å². The highest BCUT2D eigenvalue weighted by atomic mass is 16.6. The number of aromatic nitrogens is 1. The molecule has 1 aliphatic rings. The zero-order chi connectivity index (χ0) is 17.0. The Labute approximate surface area is 136 Å². The molecule has 0 unspecified atom stereocenters. The fourth-order valence-electron chi connectivity index (χ4n) is 2.26. The summed E-state index contributed by atoms with van der Waals surface area (Å²) in [5.41, 5.74) is 1.75. The summed E-state index contributed by atoms with van der Waals surface area (Å²) in [6.07, 6.45) is 1.82. The van der Waals surface area contributed by atoms with Crippen LogP contribution >= 0.6 is 0 Å². The van der Waals surface area contributed by atoms with Gasteiger partial charge in [0, 0.05) is 19.9 Å². The Morgan fingerprint density at radius 1 is 1.39 bits per heavy atom. The van der Waals surface area contributed by atoms with Gasteiger partial charge in [-0.05, 0) is 38.8 Å². The summed E-state index contributed by atoms with van der Waals surface area (Å²) in [5, 5.41) is 2.62. The fourth-order valence-corrected chi connectivity index (χ4v) is 2.26. The lowest BCUT2D eigenvalue weighted by Crippen LogP contribution is -2.40. The van der Waals surface area contributed by atoms with Crippen LogP contribution in [0.25, 0.3) is 0 Å². The summed E-state index contributed by atoms with van der Waals surface area (Å²) in [4.78, 5) is 30.0. The van der Waals surface area contributed by atoms with Gasteiger partial charge in [0.25, 0.3) is 5.91 Å². The molecule has 7 heteroatoms. The summed E-state index contributed by atoms with van der Waals surface area (Å²) in [6.45, 7) is 6.61. The van der Waals surface area contributed by atoms with E-state index in [1.165, 1.54) is 13.3 Å². The predicted octanol–water partition coefficient (Wildman–Crippen LogP) is 1.71. The van der Waals surface area contributed by atoms with Crippen molar-refractivity contribution in [3.63, 3.8) is 0 Å². The number of hydrogen-bond acceptors (Lipinski definition) is 5. The molecule has 0 fully saturated rings. The largest absolute Gasteiger partial charge is 0.444 e. The third-order valence-corrected chi connectivity index (χ3v) is 3.34. The molecular weight excluding hydrogens is 298 g/mol. The Hall–Kier alpha value is -2.15. The van der Waals surface area contributed by atoms with Gasteiger partial charge >= 0.3 is 6.09 Å². The number of amides is 2. The maximum absolute atomic E-state index is 12.1. The Morgan fingerprint density at radius 3 is 2.78 bits per heavy atom. The monoisotopic (exact) mass is 321 g/mol.